The molecule has 1 aliphatic rings. The number of phosphoric ester groups is 1. The van der Waals surface area contributed by atoms with Crippen molar-refractivity contribution in [3.05, 3.63) is 59.7 Å². The Morgan fingerprint density at radius 3 is 2.66 bits per heavy atom. The second-order valence-electron chi connectivity index (χ2n) is 6.70. The predicted octanol–water partition coefficient (Wildman–Crippen LogP) is 3.30. The van der Waals surface area contributed by atoms with Gasteiger partial charge < -0.3 is 20.4 Å². The first kappa shape index (κ1) is 20.9. The highest BCUT2D eigenvalue weighted by Crippen LogP contribution is 2.43. The average molecular weight is 419 g/mol. The van der Waals surface area contributed by atoms with Crippen LogP contribution in [0, 0.1) is 6.92 Å². The van der Waals surface area contributed by atoms with Gasteiger partial charge in [0.2, 0.25) is 0 Å². The number of nitrogens with one attached hydrogen (secondary N) is 3. The average Bonchev–Trinajstić information content (AvgIpc) is 3.14. The molecule has 2 amide bonds. The van der Waals surface area contributed by atoms with E-state index in [0.29, 0.717) is 16.9 Å². The van der Waals surface area contributed by atoms with E-state index in [0.717, 1.165) is 5.56 Å². The number of para-hydroxylation sites is 1. The number of nitrogens with zero attached hydrogens (tertiary/aromatic N) is 2. The molecule has 2 aromatic rings. The zero-order valence-corrected chi connectivity index (χ0v) is 16.8. The molecule has 154 valence electrons. The molecule has 2 aromatic carbocycles. The lowest BCUT2D eigenvalue weighted by molar-refractivity contribution is 0.0745. The number of amides is 2. The Labute approximate surface area is 167 Å². The Kier molecular flexibility index (Phi) is 5.99. The molecule has 5 N–H and O–H groups in total. The second kappa shape index (κ2) is 8.30. The Hall–Kier alpha value is -2.78. The topological polar surface area (TPSA) is 145 Å². The SMILES string of the molecule is Cc1ccccc1NC(=O)Nc1cccc(C2(C(C)OP(=O)(O)O)CN=NN2)c1. The molecule has 0 saturated heterocycles. The molecule has 0 aliphatic carbocycles. The van der Waals surface area contributed by atoms with E-state index in [9.17, 15) is 19.1 Å². The third kappa shape index (κ3) is 4.99. The van der Waals surface area contributed by atoms with Crippen LogP contribution < -0.4 is 16.1 Å². The first-order valence-electron chi connectivity index (χ1n) is 8.81. The molecular weight excluding hydrogens is 397 g/mol. The van der Waals surface area contributed by atoms with Gasteiger partial charge in [-0.05, 0) is 43.2 Å². The van der Waals surface area contributed by atoms with Gasteiger partial charge in [-0.2, -0.15) is 5.11 Å². The fourth-order valence-electron chi connectivity index (χ4n) is 3.09. The molecule has 0 aromatic heterocycles. The van der Waals surface area contributed by atoms with E-state index in [4.69, 9.17) is 4.52 Å². The van der Waals surface area contributed by atoms with Crippen LogP contribution in [0.4, 0.5) is 16.2 Å². The van der Waals surface area contributed by atoms with Gasteiger partial charge in [0.05, 0.1) is 12.6 Å². The van der Waals surface area contributed by atoms with Crippen LogP contribution in [0.2, 0.25) is 0 Å². The lowest BCUT2D eigenvalue weighted by atomic mass is 9.86. The minimum absolute atomic E-state index is 0.118. The van der Waals surface area contributed by atoms with Crippen LogP contribution in [0.15, 0.2) is 58.9 Å². The number of carbonyl (C=O) groups is 1. The van der Waals surface area contributed by atoms with Crippen molar-refractivity contribution in [2.45, 2.75) is 25.5 Å². The van der Waals surface area contributed by atoms with Gasteiger partial charge in [0, 0.05) is 11.4 Å². The Morgan fingerprint density at radius 1 is 1.24 bits per heavy atom. The first-order valence-corrected chi connectivity index (χ1v) is 10.3. The second-order valence-corrected chi connectivity index (χ2v) is 7.89. The summed E-state index contributed by atoms with van der Waals surface area (Å²) >= 11 is 0. The summed E-state index contributed by atoms with van der Waals surface area (Å²) < 4.78 is 16.2. The van der Waals surface area contributed by atoms with Gasteiger partial charge in [-0.25, -0.2) is 9.36 Å². The Bertz CT molecular complexity index is 969. The maximum absolute atomic E-state index is 12.4. The predicted molar refractivity (Wildman–Crippen MR) is 107 cm³/mol. The number of benzene rings is 2. The molecule has 0 spiro atoms. The molecule has 0 fully saturated rings. The van der Waals surface area contributed by atoms with Gasteiger partial charge in [-0.3, -0.25) is 9.95 Å². The van der Waals surface area contributed by atoms with Gasteiger partial charge in [-0.15, -0.1) is 0 Å². The minimum atomic E-state index is -4.72. The molecule has 2 unspecified atom stereocenters. The van der Waals surface area contributed by atoms with E-state index < -0.39 is 25.5 Å². The number of phosphoric acid groups is 1. The lowest BCUT2D eigenvalue weighted by Crippen LogP contribution is -2.49. The molecule has 1 heterocycles. The standard InChI is InChI=1S/C18H22N5O5P/c1-12-6-3-4-9-16(12)21-17(24)20-15-8-5-7-14(10-15)18(11-19-23-22-18)13(2)28-29(25,26)27/h3-10,13H,11H2,1-2H3,(H,19,22)(H2,20,21,24)(H2,25,26,27). The number of anilines is 2. The Morgan fingerprint density at radius 2 is 2.00 bits per heavy atom. The van der Waals surface area contributed by atoms with E-state index in [-0.39, 0.29) is 6.54 Å². The molecule has 0 bridgehead atoms. The van der Waals surface area contributed by atoms with Crippen molar-refractivity contribution in [1.29, 1.82) is 0 Å². The number of urea groups is 1. The Balaban J connectivity index is 1.79. The summed E-state index contributed by atoms with van der Waals surface area (Å²) in [6.07, 6.45) is -0.950. The van der Waals surface area contributed by atoms with Crippen LogP contribution in [-0.4, -0.2) is 28.5 Å². The molecule has 29 heavy (non-hydrogen) atoms. The molecule has 3 rings (SSSR count). The van der Waals surface area contributed by atoms with E-state index in [1.54, 1.807) is 30.3 Å². The number of rotatable bonds is 6. The number of hydrogen-bond acceptors (Lipinski definition) is 6. The fourth-order valence-corrected chi connectivity index (χ4v) is 3.68. The van der Waals surface area contributed by atoms with Crippen LogP contribution in [0.3, 0.4) is 0 Å². The monoisotopic (exact) mass is 419 g/mol. The van der Waals surface area contributed by atoms with Crippen LogP contribution in [-0.2, 0) is 14.6 Å². The maximum atomic E-state index is 12.4. The van der Waals surface area contributed by atoms with Crippen molar-refractivity contribution in [1.82, 2.24) is 5.43 Å². The van der Waals surface area contributed by atoms with Gasteiger partial charge in [-0.1, -0.05) is 35.6 Å². The van der Waals surface area contributed by atoms with Crippen molar-refractivity contribution in [2.24, 2.45) is 10.3 Å². The maximum Gasteiger partial charge on any atom is 0.469 e. The highest BCUT2D eigenvalue weighted by Gasteiger charge is 2.44. The number of hydrogen-bond donors (Lipinski definition) is 5. The van der Waals surface area contributed by atoms with Gasteiger partial charge in [0.15, 0.2) is 0 Å². The quantitative estimate of drug-likeness (QED) is 0.454. The molecular formula is C18H22N5O5P. The molecule has 11 heteroatoms. The van der Waals surface area contributed by atoms with Crippen molar-refractivity contribution in [3.63, 3.8) is 0 Å². The van der Waals surface area contributed by atoms with E-state index in [1.807, 2.05) is 25.1 Å². The summed E-state index contributed by atoms with van der Waals surface area (Å²) in [4.78, 5) is 30.7. The number of carbonyl (C=O) groups excluding carboxylic acids is 1. The molecule has 10 nitrogen and oxygen atoms in total. The third-order valence-electron chi connectivity index (χ3n) is 4.66. The van der Waals surface area contributed by atoms with Crippen molar-refractivity contribution in [2.75, 3.05) is 17.2 Å². The first-order chi connectivity index (χ1) is 13.7. The summed E-state index contributed by atoms with van der Waals surface area (Å²) in [7, 11) is -4.72. The summed E-state index contributed by atoms with van der Waals surface area (Å²) in [6.45, 7) is 3.53. The zero-order valence-electron chi connectivity index (χ0n) is 15.9. The normalized spacial score (nSPS) is 19.4. The van der Waals surface area contributed by atoms with Gasteiger partial charge in [0.1, 0.15) is 5.54 Å². The largest absolute Gasteiger partial charge is 0.469 e. The van der Waals surface area contributed by atoms with E-state index in [1.165, 1.54) is 6.92 Å². The summed E-state index contributed by atoms with van der Waals surface area (Å²) in [5, 5.41) is 13.2. The van der Waals surface area contributed by atoms with E-state index in [2.05, 4.69) is 26.4 Å². The molecule has 1 aliphatic heterocycles. The third-order valence-corrected chi connectivity index (χ3v) is 5.25. The van der Waals surface area contributed by atoms with Crippen molar-refractivity contribution >= 4 is 25.2 Å². The highest BCUT2D eigenvalue weighted by molar-refractivity contribution is 7.46. The zero-order chi connectivity index (χ0) is 21.1. The lowest BCUT2D eigenvalue weighted by Gasteiger charge is -2.34. The van der Waals surface area contributed by atoms with Crippen LogP contribution in [0.25, 0.3) is 0 Å². The smallest absolute Gasteiger partial charge is 0.308 e. The van der Waals surface area contributed by atoms with Crippen LogP contribution in [0.5, 0.6) is 0 Å². The molecule has 2 atom stereocenters. The van der Waals surface area contributed by atoms with Crippen LogP contribution in [0.1, 0.15) is 18.1 Å². The molecule has 0 radical (unpaired) electrons. The van der Waals surface area contributed by atoms with Crippen molar-refractivity contribution in [3.8, 4) is 0 Å². The minimum Gasteiger partial charge on any atom is -0.308 e. The number of aryl methyl sites for hydroxylation is 1. The molecule has 0 saturated carbocycles. The van der Waals surface area contributed by atoms with Gasteiger partial charge >= 0.3 is 13.9 Å². The highest BCUT2D eigenvalue weighted by atomic mass is 31.2. The summed E-state index contributed by atoms with van der Waals surface area (Å²) in [5.74, 6) is 0. The summed E-state index contributed by atoms with van der Waals surface area (Å²) in [6, 6.07) is 13.8. The van der Waals surface area contributed by atoms with Crippen molar-refractivity contribution < 1.29 is 23.7 Å². The van der Waals surface area contributed by atoms with Gasteiger partial charge in [0.25, 0.3) is 0 Å². The van der Waals surface area contributed by atoms with E-state index >= 15 is 0 Å². The van der Waals surface area contributed by atoms with Crippen LogP contribution >= 0.6 is 7.82 Å². The fraction of sp³-hybridized carbons (Fsp3) is 0.278. The summed E-state index contributed by atoms with van der Waals surface area (Å²) in [5.41, 5.74) is 4.44.